The fourth-order valence-electron chi connectivity index (χ4n) is 4.23. The first-order valence-corrected chi connectivity index (χ1v) is 10.7. The van der Waals surface area contributed by atoms with Crippen LogP contribution in [0.25, 0.3) is 0 Å². The molecule has 7 heteroatoms. The average molecular weight is 421 g/mol. The van der Waals surface area contributed by atoms with Crippen molar-refractivity contribution in [3.8, 4) is 0 Å². The SMILES string of the molecule is Cc1ccccc1NC(=O)C[C@@H](C)C(=O)N[C@@H]1C(=O)N2CCCN2Cc2ccccc21. The number of hydrogen-bond acceptors (Lipinski definition) is 4. The minimum atomic E-state index is -0.742. The third-order valence-electron chi connectivity index (χ3n) is 5.99. The predicted octanol–water partition coefficient (Wildman–Crippen LogP) is 2.78. The van der Waals surface area contributed by atoms with Crippen LogP contribution in [0.1, 0.15) is 42.5 Å². The van der Waals surface area contributed by atoms with Crippen LogP contribution in [0.15, 0.2) is 48.5 Å². The number of carbonyl (C=O) groups is 3. The monoisotopic (exact) mass is 420 g/mol. The molecule has 1 saturated heterocycles. The topological polar surface area (TPSA) is 81.8 Å². The summed E-state index contributed by atoms with van der Waals surface area (Å²) >= 11 is 0. The molecule has 1 fully saturated rings. The average Bonchev–Trinajstić information content (AvgIpc) is 3.18. The van der Waals surface area contributed by atoms with Crippen LogP contribution in [-0.4, -0.2) is 40.8 Å². The molecule has 2 atom stereocenters. The van der Waals surface area contributed by atoms with Crippen molar-refractivity contribution in [1.29, 1.82) is 0 Å². The zero-order chi connectivity index (χ0) is 22.0. The van der Waals surface area contributed by atoms with E-state index in [-0.39, 0.29) is 24.1 Å². The number of nitrogens with one attached hydrogen (secondary N) is 2. The molecular formula is C24H28N4O3. The Morgan fingerprint density at radius 3 is 2.65 bits per heavy atom. The molecular weight excluding hydrogens is 392 g/mol. The minimum Gasteiger partial charge on any atom is -0.340 e. The predicted molar refractivity (Wildman–Crippen MR) is 118 cm³/mol. The van der Waals surface area contributed by atoms with Crippen molar-refractivity contribution >= 4 is 23.4 Å². The summed E-state index contributed by atoms with van der Waals surface area (Å²) in [5, 5.41) is 9.58. The molecule has 2 heterocycles. The van der Waals surface area contributed by atoms with Gasteiger partial charge in [0.15, 0.2) is 0 Å². The molecule has 2 N–H and O–H groups in total. The number of hydrazine groups is 1. The lowest BCUT2D eigenvalue weighted by Gasteiger charge is -2.28. The molecule has 2 aromatic rings. The fourth-order valence-corrected chi connectivity index (χ4v) is 4.23. The number of benzene rings is 2. The first kappa shape index (κ1) is 21.1. The summed E-state index contributed by atoms with van der Waals surface area (Å²) in [6.07, 6.45) is 0.961. The summed E-state index contributed by atoms with van der Waals surface area (Å²) in [7, 11) is 0. The van der Waals surface area contributed by atoms with Crippen LogP contribution in [0.4, 0.5) is 5.69 Å². The quantitative estimate of drug-likeness (QED) is 0.779. The van der Waals surface area contributed by atoms with Gasteiger partial charge in [0, 0.05) is 37.7 Å². The zero-order valence-electron chi connectivity index (χ0n) is 17.9. The van der Waals surface area contributed by atoms with E-state index < -0.39 is 12.0 Å². The van der Waals surface area contributed by atoms with Gasteiger partial charge in [-0.3, -0.25) is 19.4 Å². The van der Waals surface area contributed by atoms with Gasteiger partial charge in [-0.1, -0.05) is 49.4 Å². The number of fused-ring (bicyclic) bond motifs is 2. The normalized spacial score (nSPS) is 19.2. The highest BCUT2D eigenvalue weighted by Gasteiger charge is 2.38. The van der Waals surface area contributed by atoms with Crippen LogP contribution >= 0.6 is 0 Å². The second-order valence-corrected chi connectivity index (χ2v) is 8.31. The van der Waals surface area contributed by atoms with E-state index >= 15 is 0 Å². The van der Waals surface area contributed by atoms with Gasteiger partial charge < -0.3 is 10.6 Å². The third-order valence-corrected chi connectivity index (χ3v) is 5.99. The van der Waals surface area contributed by atoms with Gasteiger partial charge in [0.25, 0.3) is 5.91 Å². The molecule has 0 unspecified atom stereocenters. The van der Waals surface area contributed by atoms with Gasteiger partial charge in [0.05, 0.1) is 0 Å². The molecule has 0 aromatic heterocycles. The van der Waals surface area contributed by atoms with Crippen LogP contribution in [-0.2, 0) is 20.9 Å². The van der Waals surface area contributed by atoms with Crippen LogP contribution < -0.4 is 10.6 Å². The van der Waals surface area contributed by atoms with Crippen LogP contribution in [0, 0.1) is 12.8 Å². The summed E-state index contributed by atoms with van der Waals surface area (Å²) in [4.78, 5) is 38.7. The largest absolute Gasteiger partial charge is 0.340 e. The second kappa shape index (κ2) is 8.89. The number of carbonyl (C=O) groups excluding carboxylic acids is 3. The number of rotatable bonds is 5. The first-order chi connectivity index (χ1) is 14.9. The lowest BCUT2D eigenvalue weighted by molar-refractivity contribution is -0.148. The maximum atomic E-state index is 13.2. The Labute approximate surface area is 182 Å². The first-order valence-electron chi connectivity index (χ1n) is 10.7. The number of anilines is 1. The standard InChI is InChI=1S/C24H28N4O3/c1-16-8-3-6-11-20(16)25-21(29)14-17(2)23(30)26-22-19-10-5-4-9-18(19)15-27-12-7-13-28(27)24(22)31/h3-6,8-11,17,22H,7,12-15H2,1-2H3,(H,25,29)(H,26,30)/t17-,22+/m1/s1. The summed E-state index contributed by atoms with van der Waals surface area (Å²) in [6, 6.07) is 14.5. The van der Waals surface area contributed by atoms with Crippen LogP contribution in [0.3, 0.4) is 0 Å². The maximum Gasteiger partial charge on any atom is 0.264 e. The van der Waals surface area contributed by atoms with Crippen molar-refractivity contribution in [2.75, 3.05) is 18.4 Å². The molecule has 2 aliphatic heterocycles. The van der Waals surface area contributed by atoms with Crippen molar-refractivity contribution < 1.29 is 14.4 Å². The summed E-state index contributed by atoms with van der Waals surface area (Å²) in [6.45, 7) is 5.77. The van der Waals surface area contributed by atoms with E-state index in [9.17, 15) is 14.4 Å². The Hall–Kier alpha value is -3.19. The fraction of sp³-hybridized carbons (Fsp3) is 0.375. The lowest BCUT2D eigenvalue weighted by atomic mass is 9.98. The molecule has 0 bridgehead atoms. The maximum absolute atomic E-state index is 13.2. The smallest absolute Gasteiger partial charge is 0.264 e. The van der Waals surface area contributed by atoms with Crippen molar-refractivity contribution in [1.82, 2.24) is 15.3 Å². The summed E-state index contributed by atoms with van der Waals surface area (Å²) < 4.78 is 0. The van der Waals surface area contributed by atoms with E-state index in [1.807, 2.05) is 60.5 Å². The van der Waals surface area contributed by atoms with E-state index in [4.69, 9.17) is 0 Å². The molecule has 31 heavy (non-hydrogen) atoms. The Balaban J connectivity index is 1.46. The molecule has 0 radical (unpaired) electrons. The minimum absolute atomic E-state index is 0.0402. The number of aryl methyl sites for hydroxylation is 1. The molecule has 0 aliphatic carbocycles. The van der Waals surface area contributed by atoms with Gasteiger partial charge in [-0.15, -0.1) is 0 Å². The Kier molecular flexibility index (Phi) is 6.04. The highest BCUT2D eigenvalue weighted by Crippen LogP contribution is 2.30. The molecule has 4 rings (SSSR count). The van der Waals surface area contributed by atoms with Crippen LogP contribution in [0.2, 0.25) is 0 Å². The molecule has 0 saturated carbocycles. The van der Waals surface area contributed by atoms with E-state index in [0.29, 0.717) is 13.1 Å². The van der Waals surface area contributed by atoms with Gasteiger partial charge in [-0.25, -0.2) is 5.01 Å². The third kappa shape index (κ3) is 4.46. The molecule has 7 nitrogen and oxygen atoms in total. The van der Waals surface area contributed by atoms with Gasteiger partial charge in [0.2, 0.25) is 11.8 Å². The molecule has 162 valence electrons. The summed E-state index contributed by atoms with van der Waals surface area (Å²) in [5.41, 5.74) is 3.56. The Morgan fingerprint density at radius 2 is 1.84 bits per heavy atom. The Morgan fingerprint density at radius 1 is 1.10 bits per heavy atom. The van der Waals surface area contributed by atoms with Crippen molar-refractivity contribution in [2.24, 2.45) is 5.92 Å². The van der Waals surface area contributed by atoms with E-state index in [2.05, 4.69) is 10.6 Å². The molecule has 2 aromatic carbocycles. The number of para-hydroxylation sites is 1. The molecule has 0 spiro atoms. The number of amides is 3. The van der Waals surface area contributed by atoms with Crippen molar-refractivity contribution in [3.63, 3.8) is 0 Å². The zero-order valence-corrected chi connectivity index (χ0v) is 17.9. The Bertz CT molecular complexity index is 1010. The van der Waals surface area contributed by atoms with Crippen molar-refractivity contribution in [3.05, 3.63) is 65.2 Å². The van der Waals surface area contributed by atoms with E-state index in [0.717, 1.165) is 35.3 Å². The number of nitrogens with zero attached hydrogens (tertiary/aromatic N) is 2. The number of hydrogen-bond donors (Lipinski definition) is 2. The molecule has 3 amide bonds. The lowest BCUT2D eigenvalue weighted by Crippen LogP contribution is -2.46. The molecule has 2 aliphatic rings. The van der Waals surface area contributed by atoms with Gasteiger partial charge in [0.1, 0.15) is 6.04 Å². The highest BCUT2D eigenvalue weighted by molar-refractivity contribution is 5.96. The highest BCUT2D eigenvalue weighted by atomic mass is 16.2. The van der Waals surface area contributed by atoms with E-state index in [1.165, 1.54) is 0 Å². The van der Waals surface area contributed by atoms with E-state index in [1.54, 1.807) is 11.9 Å². The van der Waals surface area contributed by atoms with Crippen molar-refractivity contribution in [2.45, 2.75) is 39.3 Å². The van der Waals surface area contributed by atoms with Gasteiger partial charge in [-0.2, -0.15) is 0 Å². The van der Waals surface area contributed by atoms with Gasteiger partial charge in [-0.05, 0) is 36.1 Å². The van der Waals surface area contributed by atoms with Gasteiger partial charge >= 0.3 is 0 Å². The second-order valence-electron chi connectivity index (χ2n) is 8.31. The summed E-state index contributed by atoms with van der Waals surface area (Å²) in [5.74, 6) is -1.22. The van der Waals surface area contributed by atoms with Crippen LogP contribution in [0.5, 0.6) is 0 Å².